The summed E-state index contributed by atoms with van der Waals surface area (Å²) in [6, 6.07) is 8.22. The fraction of sp³-hybridized carbons (Fsp3) is 0.571. The van der Waals surface area contributed by atoms with Crippen LogP contribution in [0.4, 0.5) is 23.4 Å². The average Bonchev–Trinajstić information content (AvgIpc) is 2.85. The second kappa shape index (κ2) is 9.01. The molecule has 0 unspecified atom stereocenters. The number of hydrogen-bond donors (Lipinski definition) is 0. The number of hydrogen-bond acceptors (Lipinski definition) is 9. The van der Waals surface area contributed by atoms with E-state index < -0.39 is 0 Å². The normalized spacial score (nSPS) is 20.5. The molecular formula is C21H29N7O2. The number of ether oxygens (including phenoxy) is 2. The molecule has 3 aliphatic rings. The van der Waals surface area contributed by atoms with Gasteiger partial charge >= 0.3 is 0 Å². The first kappa shape index (κ1) is 19.3. The van der Waals surface area contributed by atoms with Gasteiger partial charge in [0.25, 0.3) is 0 Å². The summed E-state index contributed by atoms with van der Waals surface area (Å²) in [7, 11) is 0. The molecule has 0 spiro atoms. The monoisotopic (exact) mass is 411 g/mol. The van der Waals surface area contributed by atoms with Crippen LogP contribution in [-0.2, 0) is 9.47 Å². The van der Waals surface area contributed by atoms with E-state index in [1.807, 2.05) is 18.3 Å². The van der Waals surface area contributed by atoms with E-state index in [0.29, 0.717) is 0 Å². The molecule has 0 amide bonds. The molecule has 0 aliphatic carbocycles. The van der Waals surface area contributed by atoms with E-state index in [1.165, 1.54) is 0 Å². The Kier molecular flexibility index (Phi) is 5.80. The Morgan fingerprint density at radius 1 is 0.600 bits per heavy atom. The number of rotatable bonds is 4. The van der Waals surface area contributed by atoms with Crippen LogP contribution in [0.1, 0.15) is 0 Å². The van der Waals surface area contributed by atoms with Crippen molar-refractivity contribution in [3.8, 4) is 0 Å². The van der Waals surface area contributed by atoms with Crippen molar-refractivity contribution in [2.75, 3.05) is 98.4 Å². The number of morpholine rings is 2. The fourth-order valence-electron chi connectivity index (χ4n) is 4.14. The van der Waals surface area contributed by atoms with Gasteiger partial charge in [0.1, 0.15) is 17.5 Å². The molecule has 5 rings (SSSR count). The molecule has 30 heavy (non-hydrogen) atoms. The summed E-state index contributed by atoms with van der Waals surface area (Å²) in [5.41, 5.74) is 0. The first-order valence-corrected chi connectivity index (χ1v) is 10.8. The maximum absolute atomic E-state index is 5.53. The number of pyridine rings is 1. The molecule has 0 N–H and O–H groups in total. The molecule has 3 fully saturated rings. The summed E-state index contributed by atoms with van der Waals surface area (Å²) in [5, 5.41) is 0. The van der Waals surface area contributed by atoms with E-state index in [9.17, 15) is 0 Å². The van der Waals surface area contributed by atoms with E-state index in [0.717, 1.165) is 102 Å². The van der Waals surface area contributed by atoms with E-state index in [4.69, 9.17) is 19.4 Å². The Morgan fingerprint density at radius 2 is 1.13 bits per heavy atom. The van der Waals surface area contributed by atoms with Crippen molar-refractivity contribution in [1.29, 1.82) is 0 Å². The lowest BCUT2D eigenvalue weighted by Crippen LogP contribution is -2.47. The highest BCUT2D eigenvalue weighted by Gasteiger charge is 2.24. The zero-order valence-electron chi connectivity index (χ0n) is 17.3. The van der Waals surface area contributed by atoms with Crippen molar-refractivity contribution in [2.45, 2.75) is 0 Å². The molecule has 0 saturated carbocycles. The third-order valence-electron chi connectivity index (χ3n) is 5.89. The van der Waals surface area contributed by atoms with Crippen molar-refractivity contribution in [3.63, 3.8) is 0 Å². The SMILES string of the molecule is c1ccc(N2CCN(c3cc(N4CCOCC4)nc(N4CCOCC4)n3)CC2)nc1. The summed E-state index contributed by atoms with van der Waals surface area (Å²) in [6.45, 7) is 10.0. The van der Waals surface area contributed by atoms with E-state index >= 15 is 0 Å². The molecule has 9 heteroatoms. The lowest BCUT2D eigenvalue weighted by atomic mass is 10.3. The van der Waals surface area contributed by atoms with Crippen molar-refractivity contribution in [2.24, 2.45) is 0 Å². The molecule has 0 atom stereocenters. The van der Waals surface area contributed by atoms with Gasteiger partial charge in [-0.3, -0.25) is 0 Å². The Labute approximate surface area is 177 Å². The van der Waals surface area contributed by atoms with Gasteiger partial charge in [-0.25, -0.2) is 4.98 Å². The largest absolute Gasteiger partial charge is 0.378 e. The van der Waals surface area contributed by atoms with Gasteiger partial charge in [0.05, 0.1) is 26.4 Å². The molecule has 2 aromatic heterocycles. The zero-order chi connectivity index (χ0) is 20.2. The number of aromatic nitrogens is 3. The van der Waals surface area contributed by atoms with Crippen LogP contribution in [0.5, 0.6) is 0 Å². The van der Waals surface area contributed by atoms with Gasteiger partial charge in [0.15, 0.2) is 0 Å². The van der Waals surface area contributed by atoms with Crippen molar-refractivity contribution >= 4 is 23.4 Å². The van der Waals surface area contributed by atoms with Crippen LogP contribution in [0.2, 0.25) is 0 Å². The Bertz CT molecular complexity index is 781. The minimum Gasteiger partial charge on any atom is -0.378 e. The van der Waals surface area contributed by atoms with Gasteiger partial charge in [0, 0.05) is 64.6 Å². The smallest absolute Gasteiger partial charge is 0.229 e. The highest BCUT2D eigenvalue weighted by Crippen LogP contribution is 2.26. The number of piperazine rings is 1. The molecule has 3 saturated heterocycles. The quantitative estimate of drug-likeness (QED) is 0.729. The van der Waals surface area contributed by atoms with E-state index in [1.54, 1.807) is 0 Å². The molecule has 0 bridgehead atoms. The van der Waals surface area contributed by atoms with Crippen LogP contribution < -0.4 is 19.6 Å². The summed E-state index contributed by atoms with van der Waals surface area (Å²) in [5.74, 6) is 3.86. The first-order valence-electron chi connectivity index (χ1n) is 10.8. The Balaban J connectivity index is 1.36. The van der Waals surface area contributed by atoms with E-state index in [-0.39, 0.29) is 0 Å². The van der Waals surface area contributed by atoms with Crippen molar-refractivity contribution < 1.29 is 9.47 Å². The molecular weight excluding hydrogens is 382 g/mol. The number of anilines is 4. The maximum atomic E-state index is 5.53. The topological polar surface area (TPSA) is 70.1 Å². The van der Waals surface area contributed by atoms with Crippen LogP contribution in [0, 0.1) is 0 Å². The summed E-state index contributed by atoms with van der Waals surface area (Å²) < 4.78 is 11.1. The number of nitrogens with zero attached hydrogens (tertiary/aromatic N) is 7. The summed E-state index contributed by atoms with van der Waals surface area (Å²) in [4.78, 5) is 23.6. The molecule has 2 aromatic rings. The molecule has 3 aliphatic heterocycles. The van der Waals surface area contributed by atoms with Crippen LogP contribution in [0.25, 0.3) is 0 Å². The Morgan fingerprint density at radius 3 is 1.70 bits per heavy atom. The van der Waals surface area contributed by atoms with Gasteiger partial charge in [-0.1, -0.05) is 6.07 Å². The average molecular weight is 412 g/mol. The van der Waals surface area contributed by atoms with Crippen molar-refractivity contribution in [3.05, 3.63) is 30.5 Å². The molecule has 0 aromatic carbocycles. The van der Waals surface area contributed by atoms with Gasteiger partial charge in [-0.2, -0.15) is 9.97 Å². The second-order valence-corrected chi connectivity index (χ2v) is 7.75. The van der Waals surface area contributed by atoms with Gasteiger partial charge in [-0.05, 0) is 12.1 Å². The highest BCUT2D eigenvalue weighted by molar-refractivity contribution is 5.57. The van der Waals surface area contributed by atoms with Gasteiger partial charge in [0.2, 0.25) is 5.95 Å². The zero-order valence-corrected chi connectivity index (χ0v) is 17.3. The van der Waals surface area contributed by atoms with Crippen LogP contribution in [-0.4, -0.2) is 93.7 Å². The second-order valence-electron chi connectivity index (χ2n) is 7.75. The molecule has 5 heterocycles. The minimum atomic E-state index is 0.725. The van der Waals surface area contributed by atoms with Gasteiger partial charge in [-0.15, -0.1) is 0 Å². The molecule has 160 valence electrons. The summed E-state index contributed by atoms with van der Waals surface area (Å²) in [6.07, 6.45) is 1.86. The van der Waals surface area contributed by atoms with Crippen LogP contribution in [0.15, 0.2) is 30.5 Å². The third-order valence-corrected chi connectivity index (χ3v) is 5.89. The predicted molar refractivity (Wildman–Crippen MR) is 117 cm³/mol. The van der Waals surface area contributed by atoms with E-state index in [2.05, 4.69) is 36.7 Å². The molecule has 9 nitrogen and oxygen atoms in total. The molecule has 0 radical (unpaired) electrons. The van der Waals surface area contributed by atoms with Crippen LogP contribution in [0.3, 0.4) is 0 Å². The maximum Gasteiger partial charge on any atom is 0.229 e. The Hall–Kier alpha value is -2.65. The lowest BCUT2D eigenvalue weighted by molar-refractivity contribution is 0.121. The van der Waals surface area contributed by atoms with Gasteiger partial charge < -0.3 is 29.1 Å². The highest BCUT2D eigenvalue weighted by atomic mass is 16.5. The third kappa shape index (κ3) is 4.27. The first-order chi connectivity index (χ1) is 14.9. The minimum absolute atomic E-state index is 0.725. The summed E-state index contributed by atoms with van der Waals surface area (Å²) >= 11 is 0. The fourth-order valence-corrected chi connectivity index (χ4v) is 4.14. The lowest BCUT2D eigenvalue weighted by Gasteiger charge is -2.37. The van der Waals surface area contributed by atoms with Crippen molar-refractivity contribution in [1.82, 2.24) is 15.0 Å². The van der Waals surface area contributed by atoms with Crippen LogP contribution >= 0.6 is 0 Å². The predicted octanol–water partition coefficient (Wildman–Crippen LogP) is 0.871. The standard InChI is InChI=1S/C21H29N7O2/c1-2-4-22-18(3-1)25-5-7-26(8-6-25)19-17-20(27-9-13-29-14-10-27)24-21(23-19)28-11-15-30-16-12-28/h1-4,17H,5-16H2.